The van der Waals surface area contributed by atoms with Gasteiger partial charge >= 0.3 is 29.6 Å². The Hall–Kier alpha value is -0.470. The minimum absolute atomic E-state index is 0. The van der Waals surface area contributed by atoms with Gasteiger partial charge in [-0.15, -0.1) is 5.11 Å². The van der Waals surface area contributed by atoms with Crippen molar-refractivity contribution in [1.82, 2.24) is 0 Å². The second kappa shape index (κ2) is 5.42. The predicted molar refractivity (Wildman–Crippen MR) is 45.1 cm³/mol. The fraction of sp³-hybridized carbons (Fsp3) is 0. The van der Waals surface area contributed by atoms with Gasteiger partial charge in [0.1, 0.15) is 5.69 Å². The summed E-state index contributed by atoms with van der Waals surface area (Å²) < 4.78 is 32.7. The first-order chi connectivity index (χ1) is 5.99. The Balaban J connectivity index is 0.00000169. The van der Waals surface area contributed by atoms with Crippen LogP contribution in [0.4, 0.5) is 11.4 Å². The maximum Gasteiger partial charge on any atom is 1.00 e. The molecule has 70 valence electrons. The molecule has 0 saturated heterocycles. The van der Waals surface area contributed by atoms with Gasteiger partial charge in [-0.2, -0.15) is 0 Å². The van der Waals surface area contributed by atoms with Gasteiger partial charge in [0.15, 0.2) is 0 Å². The molecule has 0 bridgehead atoms. The van der Waals surface area contributed by atoms with E-state index < -0.39 is 10.3 Å². The van der Waals surface area contributed by atoms with Crippen LogP contribution in [-0.2, 0) is 10.3 Å². The van der Waals surface area contributed by atoms with Gasteiger partial charge in [-0.3, -0.25) is 0 Å². The number of nitrogens with two attached hydrogens (primary N) is 1. The molecule has 6 nitrogen and oxygen atoms in total. The van der Waals surface area contributed by atoms with Gasteiger partial charge in [0.25, 0.3) is 0 Å². The van der Waals surface area contributed by atoms with Crippen LogP contribution in [-0.4, -0.2) is 13.0 Å². The number of anilines is 1. The molecule has 14 heavy (non-hydrogen) atoms. The quantitative estimate of drug-likeness (QED) is 0.266. The van der Waals surface area contributed by atoms with Crippen LogP contribution in [0, 0.1) is 0 Å². The minimum atomic E-state index is -4.69. The van der Waals surface area contributed by atoms with Gasteiger partial charge in [0.05, 0.1) is 5.69 Å². The van der Waals surface area contributed by atoms with Gasteiger partial charge in [-0.25, -0.2) is 8.42 Å². The number of benzene rings is 1. The summed E-state index contributed by atoms with van der Waals surface area (Å²) in [5.74, 6) is 0. The van der Waals surface area contributed by atoms with Crippen molar-refractivity contribution in [2.24, 2.45) is 9.63 Å². The van der Waals surface area contributed by atoms with E-state index in [4.69, 9.17) is 5.73 Å². The van der Waals surface area contributed by atoms with Crippen LogP contribution < -0.4 is 35.3 Å². The number of hydrogen-bond acceptors (Lipinski definition) is 5. The first-order valence-corrected chi connectivity index (χ1v) is 4.59. The molecule has 0 radical (unpaired) electrons. The van der Waals surface area contributed by atoms with Gasteiger partial charge in [0, 0.05) is 0 Å². The summed E-state index contributed by atoms with van der Waals surface area (Å²) in [6.07, 6.45) is 0. The molecule has 0 amide bonds. The van der Waals surface area contributed by atoms with E-state index >= 15 is 0 Å². The normalized spacial score (nSPS) is 11.2. The zero-order chi connectivity index (χ0) is 9.90. The Morgan fingerprint density at radius 1 is 1.29 bits per heavy atom. The van der Waals surface area contributed by atoms with Crippen molar-refractivity contribution in [2.75, 3.05) is 5.73 Å². The van der Waals surface area contributed by atoms with E-state index in [1.807, 2.05) is 0 Å². The average molecular weight is 223 g/mol. The van der Waals surface area contributed by atoms with Crippen molar-refractivity contribution in [3.63, 3.8) is 0 Å². The van der Waals surface area contributed by atoms with E-state index in [0.29, 0.717) is 0 Å². The molecule has 2 N–H and O–H groups in total. The van der Waals surface area contributed by atoms with E-state index in [0.717, 1.165) is 0 Å². The van der Waals surface area contributed by atoms with E-state index in [1.54, 1.807) is 12.1 Å². The summed E-state index contributed by atoms with van der Waals surface area (Å²) in [5.41, 5.74) is 5.81. The summed E-state index contributed by atoms with van der Waals surface area (Å²) in [7, 11) is -4.69. The molecule has 0 aliphatic carbocycles. The third-order valence-electron chi connectivity index (χ3n) is 1.19. The average Bonchev–Trinajstić information content (AvgIpc) is 2.01. The molecule has 0 fully saturated rings. The van der Waals surface area contributed by atoms with Crippen LogP contribution in [0.15, 0.2) is 33.9 Å². The van der Waals surface area contributed by atoms with E-state index in [-0.39, 0.29) is 40.9 Å². The number of para-hydroxylation sites is 1. The molecule has 1 aromatic rings. The molecule has 0 aliphatic rings. The molecule has 0 spiro atoms. The second-order valence-electron chi connectivity index (χ2n) is 2.17. The Kier molecular flexibility index (Phi) is 5.24. The Morgan fingerprint density at radius 3 is 2.36 bits per heavy atom. The van der Waals surface area contributed by atoms with Gasteiger partial charge < -0.3 is 10.3 Å². The smallest absolute Gasteiger partial charge is 0.728 e. The van der Waals surface area contributed by atoms with Crippen molar-refractivity contribution < 1.29 is 42.5 Å². The third-order valence-corrected chi connectivity index (χ3v) is 1.47. The fourth-order valence-corrected chi connectivity index (χ4v) is 0.861. The molecule has 0 saturated carbocycles. The van der Waals surface area contributed by atoms with Crippen LogP contribution in [0.1, 0.15) is 0 Å². The van der Waals surface area contributed by atoms with Crippen LogP contribution in [0.3, 0.4) is 0 Å². The van der Waals surface area contributed by atoms with Crippen LogP contribution >= 0.6 is 0 Å². The topological polar surface area (TPSA) is 108 Å². The minimum Gasteiger partial charge on any atom is -0.728 e. The van der Waals surface area contributed by atoms with E-state index in [9.17, 15) is 13.0 Å². The Labute approximate surface area is 103 Å². The van der Waals surface area contributed by atoms with Crippen molar-refractivity contribution in [1.29, 1.82) is 0 Å². The SMILES string of the molecule is Nc1ccccc1N=NS(=O)(=O)[O-].[Na+]. The van der Waals surface area contributed by atoms with Gasteiger partial charge in [-0.05, 0) is 12.1 Å². The van der Waals surface area contributed by atoms with Gasteiger partial charge in [0.2, 0.25) is 10.3 Å². The van der Waals surface area contributed by atoms with E-state index in [1.165, 1.54) is 12.1 Å². The predicted octanol–water partition coefficient (Wildman–Crippen LogP) is -2.18. The molecule has 0 atom stereocenters. The van der Waals surface area contributed by atoms with Crippen LogP contribution in [0.5, 0.6) is 0 Å². The van der Waals surface area contributed by atoms with E-state index in [2.05, 4.69) is 9.63 Å². The summed E-state index contributed by atoms with van der Waals surface area (Å²) in [6, 6.07) is 6.22. The molecule has 0 aromatic heterocycles. The summed E-state index contributed by atoms with van der Waals surface area (Å²) in [4.78, 5) is 0. The summed E-state index contributed by atoms with van der Waals surface area (Å²) >= 11 is 0. The summed E-state index contributed by atoms with van der Waals surface area (Å²) in [5, 5.41) is 3.18. The maximum absolute atomic E-state index is 10.1. The molecule has 8 heteroatoms. The van der Waals surface area contributed by atoms with Crippen molar-refractivity contribution in [2.45, 2.75) is 0 Å². The van der Waals surface area contributed by atoms with Gasteiger partial charge in [-0.1, -0.05) is 16.7 Å². The van der Waals surface area contributed by atoms with Crippen LogP contribution in [0.25, 0.3) is 0 Å². The molecule has 1 aromatic carbocycles. The Bertz CT molecular complexity index is 432. The Morgan fingerprint density at radius 2 is 1.86 bits per heavy atom. The molecule has 0 aliphatic heterocycles. The molecule has 0 unspecified atom stereocenters. The largest absolute Gasteiger partial charge is 1.00 e. The van der Waals surface area contributed by atoms with Crippen molar-refractivity contribution >= 4 is 21.7 Å². The number of hydrogen-bond donors (Lipinski definition) is 1. The maximum atomic E-state index is 10.1. The van der Waals surface area contributed by atoms with Crippen molar-refractivity contribution in [3.05, 3.63) is 24.3 Å². The number of rotatable bonds is 2. The molecule has 0 heterocycles. The fourth-order valence-electron chi connectivity index (χ4n) is 0.673. The third kappa shape index (κ3) is 4.68. The second-order valence-corrected chi connectivity index (χ2v) is 3.19. The number of nitrogens with zero attached hydrogens (tertiary/aromatic N) is 2. The first-order valence-electron chi connectivity index (χ1n) is 3.22. The molecule has 1 rings (SSSR count). The molecular formula is C6H6N3NaO3S. The molecular weight excluding hydrogens is 217 g/mol. The zero-order valence-electron chi connectivity index (χ0n) is 7.41. The van der Waals surface area contributed by atoms with Crippen LogP contribution in [0.2, 0.25) is 0 Å². The summed E-state index contributed by atoms with van der Waals surface area (Å²) in [6.45, 7) is 0. The number of nitrogen functional groups attached to an aromatic ring is 1. The monoisotopic (exact) mass is 223 g/mol. The first kappa shape index (κ1) is 13.5. The standard InChI is InChI=1S/C6H7N3O3S.Na/c7-5-3-1-2-4-6(5)8-9-13(10,11)12;/h1-4H,7H2,(H,10,11,12);/q;+1/p-1. The van der Waals surface area contributed by atoms with Crippen molar-refractivity contribution in [3.8, 4) is 0 Å². The zero-order valence-corrected chi connectivity index (χ0v) is 10.2.